The van der Waals surface area contributed by atoms with Gasteiger partial charge in [0.05, 0.1) is 5.56 Å². The Morgan fingerprint density at radius 2 is 1.76 bits per heavy atom. The number of hydrogen-bond donors (Lipinski definition) is 1. The maximum Gasteiger partial charge on any atom is 0.417 e. The molecule has 5 heteroatoms. The van der Waals surface area contributed by atoms with E-state index < -0.39 is 11.7 Å². The highest BCUT2D eigenvalue weighted by Crippen LogP contribution is 2.36. The molecule has 2 N–H and O–H groups in total. The third-order valence-corrected chi connectivity index (χ3v) is 2.32. The number of anilines is 1. The molecule has 0 saturated carbocycles. The van der Waals surface area contributed by atoms with Crippen LogP contribution in [0.25, 0.3) is 11.1 Å². The lowest BCUT2D eigenvalue weighted by Gasteiger charge is -2.12. The molecule has 88 valence electrons. The summed E-state index contributed by atoms with van der Waals surface area (Å²) in [5.74, 6) is 0.194. The molecule has 1 aromatic heterocycles. The molecule has 0 radical (unpaired) electrons. The van der Waals surface area contributed by atoms with E-state index in [-0.39, 0.29) is 11.4 Å². The first-order chi connectivity index (χ1) is 7.98. The molecule has 1 aromatic carbocycles. The van der Waals surface area contributed by atoms with Crippen LogP contribution >= 0.6 is 0 Å². The van der Waals surface area contributed by atoms with E-state index in [1.54, 1.807) is 6.07 Å². The maximum absolute atomic E-state index is 12.8. The first-order valence-electron chi connectivity index (χ1n) is 4.86. The summed E-state index contributed by atoms with van der Waals surface area (Å²) >= 11 is 0. The van der Waals surface area contributed by atoms with Gasteiger partial charge in [-0.15, -0.1) is 0 Å². The lowest BCUT2D eigenvalue weighted by molar-refractivity contribution is -0.137. The third kappa shape index (κ3) is 2.38. The van der Waals surface area contributed by atoms with Gasteiger partial charge < -0.3 is 5.73 Å². The predicted molar refractivity (Wildman–Crippen MR) is 59.1 cm³/mol. The average Bonchev–Trinajstić information content (AvgIpc) is 2.28. The van der Waals surface area contributed by atoms with Crippen LogP contribution < -0.4 is 5.73 Å². The number of nitrogens with two attached hydrogens (primary N) is 1. The van der Waals surface area contributed by atoms with Crippen LogP contribution in [0.1, 0.15) is 5.56 Å². The Hall–Kier alpha value is -2.04. The van der Waals surface area contributed by atoms with Crippen LogP contribution in [0.15, 0.2) is 42.6 Å². The second kappa shape index (κ2) is 4.08. The fourth-order valence-corrected chi connectivity index (χ4v) is 1.60. The minimum Gasteiger partial charge on any atom is -0.384 e. The highest BCUT2D eigenvalue weighted by Gasteiger charge is 2.33. The van der Waals surface area contributed by atoms with E-state index in [1.165, 1.54) is 30.5 Å². The summed E-state index contributed by atoms with van der Waals surface area (Å²) in [6.07, 6.45) is -2.99. The van der Waals surface area contributed by atoms with Crippen molar-refractivity contribution in [3.8, 4) is 11.1 Å². The normalized spacial score (nSPS) is 11.5. The van der Waals surface area contributed by atoms with E-state index in [0.717, 1.165) is 6.07 Å². The molecule has 1 heterocycles. The monoisotopic (exact) mass is 238 g/mol. The van der Waals surface area contributed by atoms with Crippen molar-refractivity contribution in [3.63, 3.8) is 0 Å². The summed E-state index contributed by atoms with van der Waals surface area (Å²) in [6.45, 7) is 0. The molecule has 17 heavy (non-hydrogen) atoms. The van der Waals surface area contributed by atoms with Gasteiger partial charge in [0, 0.05) is 6.20 Å². The number of nitrogen functional groups attached to an aromatic ring is 1. The van der Waals surface area contributed by atoms with E-state index in [4.69, 9.17) is 5.73 Å². The Bertz CT molecular complexity index is 535. The average molecular weight is 238 g/mol. The smallest absolute Gasteiger partial charge is 0.384 e. The number of aromatic nitrogens is 1. The van der Waals surface area contributed by atoms with E-state index in [1.807, 2.05) is 0 Å². The Morgan fingerprint density at radius 1 is 1.06 bits per heavy atom. The number of rotatable bonds is 1. The van der Waals surface area contributed by atoms with Gasteiger partial charge in [0.1, 0.15) is 5.82 Å². The zero-order valence-electron chi connectivity index (χ0n) is 8.70. The molecule has 0 atom stereocenters. The molecule has 2 aromatic rings. The molecule has 0 unspecified atom stereocenters. The van der Waals surface area contributed by atoms with Crippen molar-refractivity contribution in [3.05, 3.63) is 48.2 Å². The van der Waals surface area contributed by atoms with Gasteiger partial charge in [0.2, 0.25) is 0 Å². The molecular weight excluding hydrogens is 229 g/mol. The second-order valence-corrected chi connectivity index (χ2v) is 3.51. The fourth-order valence-electron chi connectivity index (χ4n) is 1.60. The molecular formula is C12H9F3N2. The van der Waals surface area contributed by atoms with Crippen LogP contribution in [0, 0.1) is 0 Å². The van der Waals surface area contributed by atoms with Gasteiger partial charge in [-0.25, -0.2) is 4.98 Å². The lowest BCUT2D eigenvalue weighted by atomic mass is 10.0. The minimum atomic E-state index is -4.38. The zero-order chi connectivity index (χ0) is 12.5. The summed E-state index contributed by atoms with van der Waals surface area (Å²) in [5, 5.41) is 0. The summed E-state index contributed by atoms with van der Waals surface area (Å²) in [7, 11) is 0. The number of hydrogen-bond acceptors (Lipinski definition) is 2. The second-order valence-electron chi connectivity index (χ2n) is 3.51. The van der Waals surface area contributed by atoms with Crippen LogP contribution in [0.3, 0.4) is 0 Å². The lowest BCUT2D eigenvalue weighted by Crippen LogP contribution is -2.07. The van der Waals surface area contributed by atoms with Crippen molar-refractivity contribution in [1.29, 1.82) is 0 Å². The first-order valence-corrected chi connectivity index (χ1v) is 4.86. The molecule has 0 saturated heterocycles. The largest absolute Gasteiger partial charge is 0.417 e. The highest BCUT2D eigenvalue weighted by molar-refractivity contribution is 5.69. The number of benzene rings is 1. The summed E-state index contributed by atoms with van der Waals surface area (Å²) in [6, 6.07) is 8.30. The van der Waals surface area contributed by atoms with Crippen molar-refractivity contribution in [2.75, 3.05) is 5.73 Å². The van der Waals surface area contributed by atoms with Crippen LogP contribution in [0.4, 0.5) is 19.0 Å². The van der Waals surface area contributed by atoms with Crippen molar-refractivity contribution < 1.29 is 13.2 Å². The minimum absolute atomic E-state index is 0.106. The Labute approximate surface area is 95.9 Å². The Kier molecular flexibility index (Phi) is 2.75. The quantitative estimate of drug-likeness (QED) is 0.827. The molecule has 0 fully saturated rings. The van der Waals surface area contributed by atoms with E-state index >= 15 is 0 Å². The summed E-state index contributed by atoms with van der Waals surface area (Å²) in [4.78, 5) is 3.75. The molecule has 2 rings (SSSR count). The van der Waals surface area contributed by atoms with E-state index in [2.05, 4.69) is 4.98 Å². The molecule has 0 bridgehead atoms. The molecule has 0 aliphatic carbocycles. The predicted octanol–water partition coefficient (Wildman–Crippen LogP) is 3.35. The first kappa shape index (κ1) is 11.4. The van der Waals surface area contributed by atoms with E-state index in [0.29, 0.717) is 5.56 Å². The number of pyridine rings is 1. The van der Waals surface area contributed by atoms with Gasteiger partial charge in [-0.1, -0.05) is 18.2 Å². The van der Waals surface area contributed by atoms with Gasteiger partial charge in [0.25, 0.3) is 0 Å². The third-order valence-electron chi connectivity index (χ3n) is 2.32. The van der Waals surface area contributed by atoms with Crippen molar-refractivity contribution >= 4 is 5.82 Å². The fraction of sp³-hybridized carbons (Fsp3) is 0.0833. The molecule has 0 spiro atoms. The van der Waals surface area contributed by atoms with Crippen molar-refractivity contribution in [2.45, 2.75) is 6.18 Å². The zero-order valence-corrected chi connectivity index (χ0v) is 8.70. The Balaban J connectivity index is 2.60. The topological polar surface area (TPSA) is 38.9 Å². The number of nitrogens with zero attached hydrogens (tertiary/aromatic N) is 1. The van der Waals surface area contributed by atoms with Gasteiger partial charge in [-0.2, -0.15) is 13.2 Å². The van der Waals surface area contributed by atoms with E-state index in [9.17, 15) is 13.2 Å². The number of halogens is 3. The molecule has 0 aliphatic rings. The van der Waals surface area contributed by atoms with Gasteiger partial charge >= 0.3 is 6.18 Å². The van der Waals surface area contributed by atoms with Crippen molar-refractivity contribution in [2.24, 2.45) is 0 Å². The van der Waals surface area contributed by atoms with Crippen LogP contribution in [-0.4, -0.2) is 4.98 Å². The molecule has 0 aliphatic heterocycles. The summed E-state index contributed by atoms with van der Waals surface area (Å²) in [5.41, 5.74) is 5.30. The highest BCUT2D eigenvalue weighted by atomic mass is 19.4. The van der Waals surface area contributed by atoms with Gasteiger partial charge in [-0.3, -0.25) is 0 Å². The summed E-state index contributed by atoms with van der Waals surface area (Å²) < 4.78 is 38.4. The SMILES string of the molecule is Nc1cc(-c2ccccc2C(F)(F)F)ccn1. The van der Waals surface area contributed by atoms with Crippen LogP contribution in [0.2, 0.25) is 0 Å². The standard InChI is InChI=1S/C12H9F3N2/c13-12(14,15)10-4-2-1-3-9(10)8-5-6-17-11(16)7-8/h1-7H,(H2,16,17). The molecule has 0 amide bonds. The van der Waals surface area contributed by atoms with Gasteiger partial charge in [0.15, 0.2) is 0 Å². The van der Waals surface area contributed by atoms with Gasteiger partial charge in [-0.05, 0) is 29.3 Å². The van der Waals surface area contributed by atoms with Crippen LogP contribution in [0.5, 0.6) is 0 Å². The maximum atomic E-state index is 12.8. The van der Waals surface area contributed by atoms with Crippen molar-refractivity contribution in [1.82, 2.24) is 4.98 Å². The molecule has 2 nitrogen and oxygen atoms in total. The number of alkyl halides is 3. The van der Waals surface area contributed by atoms with Crippen LogP contribution in [-0.2, 0) is 6.18 Å². The Morgan fingerprint density at radius 3 is 2.41 bits per heavy atom.